The Bertz CT molecular complexity index is 516. The molecule has 0 aromatic heterocycles. The zero-order valence-electron chi connectivity index (χ0n) is 9.64. The van der Waals surface area contributed by atoms with Crippen LogP contribution in [0.2, 0.25) is 0 Å². The van der Waals surface area contributed by atoms with Crippen molar-refractivity contribution in [3.05, 3.63) is 41.7 Å². The van der Waals surface area contributed by atoms with Crippen molar-refractivity contribution >= 4 is 46.6 Å². The van der Waals surface area contributed by atoms with E-state index in [1.165, 1.54) is 24.3 Å². The SMILES string of the molecule is NC(=S)NNC(=S)NC(=O)/C=C/c1ccc(F)cc1. The molecule has 100 valence electrons. The minimum atomic E-state index is -0.438. The highest BCUT2D eigenvalue weighted by Crippen LogP contribution is 2.04. The lowest BCUT2D eigenvalue weighted by Gasteiger charge is -2.08. The second kappa shape index (κ2) is 7.39. The van der Waals surface area contributed by atoms with E-state index in [2.05, 4.69) is 28.4 Å². The van der Waals surface area contributed by atoms with Gasteiger partial charge >= 0.3 is 0 Å². The van der Waals surface area contributed by atoms with Gasteiger partial charge in [-0.05, 0) is 48.2 Å². The lowest BCUT2D eigenvalue weighted by Crippen LogP contribution is -2.49. The van der Waals surface area contributed by atoms with Crippen LogP contribution in [0.5, 0.6) is 0 Å². The first kappa shape index (κ1) is 15.0. The van der Waals surface area contributed by atoms with Gasteiger partial charge < -0.3 is 5.73 Å². The van der Waals surface area contributed by atoms with Crippen LogP contribution >= 0.6 is 24.4 Å². The fraction of sp³-hybridized carbons (Fsp3) is 0. The molecule has 0 spiro atoms. The number of benzene rings is 1. The Morgan fingerprint density at radius 1 is 1.21 bits per heavy atom. The van der Waals surface area contributed by atoms with Gasteiger partial charge in [-0.25, -0.2) is 4.39 Å². The summed E-state index contributed by atoms with van der Waals surface area (Å²) in [5.41, 5.74) is 10.6. The summed E-state index contributed by atoms with van der Waals surface area (Å²) in [4.78, 5) is 11.4. The number of nitrogens with two attached hydrogens (primary N) is 1. The molecule has 1 rings (SSSR count). The molecule has 0 fully saturated rings. The summed E-state index contributed by atoms with van der Waals surface area (Å²) in [6.45, 7) is 0. The maximum Gasteiger partial charge on any atom is 0.250 e. The smallest absolute Gasteiger partial charge is 0.250 e. The molecule has 0 aliphatic heterocycles. The van der Waals surface area contributed by atoms with Crippen LogP contribution in [0.25, 0.3) is 6.08 Å². The highest BCUT2D eigenvalue weighted by molar-refractivity contribution is 7.80. The summed E-state index contributed by atoms with van der Waals surface area (Å²) in [7, 11) is 0. The zero-order valence-corrected chi connectivity index (χ0v) is 11.3. The van der Waals surface area contributed by atoms with Crippen LogP contribution in [0, 0.1) is 5.82 Å². The molecular formula is C11H11FN4OS2. The van der Waals surface area contributed by atoms with E-state index < -0.39 is 5.91 Å². The molecule has 1 amide bonds. The summed E-state index contributed by atoms with van der Waals surface area (Å²) in [6, 6.07) is 5.69. The molecule has 0 atom stereocenters. The van der Waals surface area contributed by atoms with Gasteiger partial charge in [0.15, 0.2) is 10.2 Å². The summed E-state index contributed by atoms with van der Waals surface area (Å²) in [6.07, 6.45) is 2.79. The van der Waals surface area contributed by atoms with Crippen molar-refractivity contribution in [3.8, 4) is 0 Å². The third-order valence-electron chi connectivity index (χ3n) is 1.83. The molecule has 1 aromatic rings. The van der Waals surface area contributed by atoms with E-state index in [1.807, 2.05) is 0 Å². The second-order valence-corrected chi connectivity index (χ2v) is 4.17. The number of hydrogen-bond acceptors (Lipinski definition) is 3. The van der Waals surface area contributed by atoms with Gasteiger partial charge in [0.2, 0.25) is 5.91 Å². The van der Waals surface area contributed by atoms with Gasteiger partial charge in [-0.2, -0.15) is 0 Å². The number of thiocarbonyl (C=S) groups is 2. The molecule has 8 heteroatoms. The van der Waals surface area contributed by atoms with Crippen LogP contribution in [0.3, 0.4) is 0 Å². The highest BCUT2D eigenvalue weighted by atomic mass is 32.1. The van der Waals surface area contributed by atoms with Crippen molar-refractivity contribution in [1.82, 2.24) is 16.2 Å². The van der Waals surface area contributed by atoms with Crippen molar-refractivity contribution < 1.29 is 9.18 Å². The van der Waals surface area contributed by atoms with Gasteiger partial charge in [0.05, 0.1) is 0 Å². The number of carbonyl (C=O) groups is 1. The van der Waals surface area contributed by atoms with Crippen molar-refractivity contribution in [1.29, 1.82) is 0 Å². The summed E-state index contributed by atoms with van der Waals surface area (Å²) >= 11 is 9.33. The molecule has 0 radical (unpaired) electrons. The Balaban J connectivity index is 2.44. The normalized spacial score (nSPS) is 9.95. The summed E-state index contributed by atoms with van der Waals surface area (Å²) in [5, 5.41) is 2.39. The molecule has 5 nitrogen and oxygen atoms in total. The van der Waals surface area contributed by atoms with E-state index in [1.54, 1.807) is 12.1 Å². The molecule has 0 unspecified atom stereocenters. The summed E-state index contributed by atoms with van der Waals surface area (Å²) < 4.78 is 12.7. The van der Waals surface area contributed by atoms with Gasteiger partial charge in [0.1, 0.15) is 5.82 Å². The standard InChI is InChI=1S/C11H11FN4OS2/c12-8-4-1-7(2-5-8)3-6-9(17)14-11(19)16-15-10(13)18/h1-6H,(H3,13,15,18)(H2,14,16,17,19)/b6-3+. The molecule has 0 aliphatic rings. The Labute approximate surface area is 120 Å². The average Bonchev–Trinajstić information content (AvgIpc) is 2.36. The van der Waals surface area contributed by atoms with Crippen LogP contribution in [-0.4, -0.2) is 16.1 Å². The summed E-state index contributed by atoms with van der Waals surface area (Å²) in [5.74, 6) is -0.776. The number of hydrogen-bond donors (Lipinski definition) is 4. The molecule has 0 aliphatic carbocycles. The Morgan fingerprint density at radius 2 is 1.84 bits per heavy atom. The average molecular weight is 298 g/mol. The first-order chi connectivity index (χ1) is 8.97. The van der Waals surface area contributed by atoms with E-state index >= 15 is 0 Å². The Kier molecular flexibility index (Phi) is 5.83. The fourth-order valence-corrected chi connectivity index (χ4v) is 1.25. The van der Waals surface area contributed by atoms with Gasteiger partial charge in [-0.15, -0.1) is 0 Å². The molecule has 19 heavy (non-hydrogen) atoms. The third-order valence-corrected chi connectivity index (χ3v) is 2.14. The van der Waals surface area contributed by atoms with Crippen LogP contribution < -0.4 is 21.9 Å². The van der Waals surface area contributed by atoms with Crippen LogP contribution in [0.1, 0.15) is 5.56 Å². The van der Waals surface area contributed by atoms with Crippen molar-refractivity contribution in [3.63, 3.8) is 0 Å². The molecule has 0 saturated carbocycles. The minimum absolute atomic E-state index is 0.00143. The predicted octanol–water partition coefficient (Wildman–Crippen LogP) is 0.578. The van der Waals surface area contributed by atoms with Gasteiger partial charge in [0, 0.05) is 6.08 Å². The number of halogens is 1. The van der Waals surface area contributed by atoms with Crippen molar-refractivity contribution in [2.24, 2.45) is 5.73 Å². The third kappa shape index (κ3) is 6.43. The quantitative estimate of drug-likeness (QED) is 0.363. The number of nitrogens with one attached hydrogen (secondary N) is 3. The first-order valence-corrected chi connectivity index (χ1v) is 5.89. The maximum atomic E-state index is 12.7. The number of hydrazine groups is 1. The van der Waals surface area contributed by atoms with Crippen LogP contribution in [-0.2, 0) is 4.79 Å². The molecule has 0 bridgehead atoms. The molecule has 5 N–H and O–H groups in total. The van der Waals surface area contributed by atoms with Crippen molar-refractivity contribution in [2.45, 2.75) is 0 Å². The Hall–Kier alpha value is -2.06. The predicted molar refractivity (Wildman–Crippen MR) is 79.2 cm³/mol. The first-order valence-electron chi connectivity index (χ1n) is 5.07. The van der Waals surface area contributed by atoms with E-state index in [4.69, 9.17) is 18.0 Å². The highest BCUT2D eigenvalue weighted by Gasteiger charge is 2.00. The van der Waals surface area contributed by atoms with Crippen LogP contribution in [0.4, 0.5) is 4.39 Å². The number of rotatable bonds is 2. The van der Waals surface area contributed by atoms with Gasteiger partial charge in [-0.1, -0.05) is 12.1 Å². The minimum Gasteiger partial charge on any atom is -0.375 e. The lowest BCUT2D eigenvalue weighted by molar-refractivity contribution is -0.115. The van der Waals surface area contributed by atoms with E-state index in [-0.39, 0.29) is 16.0 Å². The fourth-order valence-electron chi connectivity index (χ4n) is 1.05. The van der Waals surface area contributed by atoms with Crippen LogP contribution in [0.15, 0.2) is 30.3 Å². The van der Waals surface area contributed by atoms with Crippen molar-refractivity contribution in [2.75, 3.05) is 0 Å². The molecular weight excluding hydrogens is 287 g/mol. The van der Waals surface area contributed by atoms with E-state index in [0.29, 0.717) is 5.56 Å². The Morgan fingerprint density at radius 3 is 2.42 bits per heavy atom. The topological polar surface area (TPSA) is 79.2 Å². The van der Waals surface area contributed by atoms with E-state index in [9.17, 15) is 9.18 Å². The maximum absolute atomic E-state index is 12.7. The largest absolute Gasteiger partial charge is 0.375 e. The van der Waals surface area contributed by atoms with Gasteiger partial charge in [-0.3, -0.25) is 21.0 Å². The molecule has 0 saturated heterocycles. The second-order valence-electron chi connectivity index (χ2n) is 3.32. The monoisotopic (exact) mass is 298 g/mol. The lowest BCUT2D eigenvalue weighted by atomic mass is 10.2. The molecule has 1 aromatic carbocycles. The molecule has 0 heterocycles. The number of amides is 1. The number of carbonyl (C=O) groups excluding carboxylic acids is 1. The van der Waals surface area contributed by atoms with Gasteiger partial charge in [0.25, 0.3) is 0 Å². The zero-order chi connectivity index (χ0) is 14.3. The van der Waals surface area contributed by atoms with E-state index in [0.717, 1.165) is 0 Å².